The third-order valence-corrected chi connectivity index (χ3v) is 4.36. The highest BCUT2D eigenvalue weighted by Gasteiger charge is 2.26. The van der Waals surface area contributed by atoms with Gasteiger partial charge in [-0.25, -0.2) is 13.0 Å². The molecular formula is C6H6ClFNO4PS. The second kappa shape index (κ2) is 4.19. The van der Waals surface area contributed by atoms with E-state index in [1.54, 1.807) is 0 Å². The molecule has 84 valence electrons. The van der Waals surface area contributed by atoms with E-state index in [0.717, 1.165) is 16.6 Å². The summed E-state index contributed by atoms with van der Waals surface area (Å²) in [5.74, 6) is 0. The maximum absolute atomic E-state index is 12.2. The first-order valence-electron chi connectivity index (χ1n) is 3.53. The topological polar surface area (TPSA) is 83.5 Å². The van der Waals surface area contributed by atoms with Crippen LogP contribution in [-0.2, 0) is 14.6 Å². The van der Waals surface area contributed by atoms with Gasteiger partial charge in [0.1, 0.15) is 0 Å². The molecule has 0 aliphatic rings. The van der Waals surface area contributed by atoms with Crippen LogP contribution in [0.4, 0.5) is 4.20 Å². The normalized spacial score (nSPS) is 15.9. The summed E-state index contributed by atoms with van der Waals surface area (Å²) in [5, 5.41) is 0.293. The molecule has 0 aromatic heterocycles. The second-order valence-corrected chi connectivity index (χ2v) is 6.20. The number of rotatable bonds is 3. The van der Waals surface area contributed by atoms with Crippen LogP contribution in [0.2, 0.25) is 5.02 Å². The fraction of sp³-hybridized carbons (Fsp3) is 0. The fourth-order valence-corrected chi connectivity index (χ4v) is 3.04. The highest BCUT2D eigenvalue weighted by atomic mass is 35.5. The molecule has 0 aliphatic heterocycles. The Labute approximate surface area is 90.6 Å². The van der Waals surface area contributed by atoms with Crippen LogP contribution in [0.25, 0.3) is 0 Å². The third kappa shape index (κ3) is 3.89. The molecule has 2 N–H and O–H groups in total. The Morgan fingerprint density at radius 3 is 2.20 bits per heavy atom. The van der Waals surface area contributed by atoms with E-state index in [2.05, 4.69) is 0 Å². The molecule has 1 atom stereocenters. The smallest absolute Gasteiger partial charge is 0.309 e. The minimum Gasteiger partial charge on any atom is -0.309 e. The molecule has 0 saturated carbocycles. The lowest BCUT2D eigenvalue weighted by atomic mass is 10.4. The monoisotopic (exact) mass is 273 g/mol. The van der Waals surface area contributed by atoms with Crippen LogP contribution in [0.1, 0.15) is 0 Å². The Morgan fingerprint density at radius 1 is 1.33 bits per heavy atom. The molecule has 9 heteroatoms. The quantitative estimate of drug-likeness (QED) is 0.821. The largest absolute Gasteiger partial charge is 0.453 e. The van der Waals surface area contributed by atoms with E-state index in [-0.39, 0.29) is 4.90 Å². The summed E-state index contributed by atoms with van der Waals surface area (Å²) in [7, 11) is -9.67. The van der Waals surface area contributed by atoms with E-state index >= 15 is 0 Å². The van der Waals surface area contributed by atoms with Crippen molar-refractivity contribution < 1.29 is 22.1 Å². The molecule has 0 heterocycles. The molecule has 0 spiro atoms. The van der Waals surface area contributed by atoms with Crippen LogP contribution in [0.15, 0.2) is 29.2 Å². The number of nitrogens with one attached hydrogen (secondary N) is 1. The Morgan fingerprint density at radius 2 is 1.80 bits per heavy atom. The van der Waals surface area contributed by atoms with Crippen LogP contribution < -0.4 is 4.49 Å². The molecule has 1 unspecified atom stereocenters. The summed E-state index contributed by atoms with van der Waals surface area (Å²) < 4.78 is 46.0. The molecule has 0 aliphatic carbocycles. The first kappa shape index (κ1) is 12.6. The summed E-state index contributed by atoms with van der Waals surface area (Å²) in [6, 6.07) is 4.69. The summed E-state index contributed by atoms with van der Waals surface area (Å²) in [6.45, 7) is 0. The van der Waals surface area contributed by atoms with Crippen molar-refractivity contribution >= 4 is 29.5 Å². The predicted octanol–water partition coefficient (Wildman–Crippen LogP) is 1.69. The number of sulfonamides is 1. The first-order chi connectivity index (χ1) is 6.71. The van der Waals surface area contributed by atoms with Crippen LogP contribution in [0.5, 0.6) is 0 Å². The van der Waals surface area contributed by atoms with Crippen molar-refractivity contribution in [2.24, 2.45) is 0 Å². The molecule has 15 heavy (non-hydrogen) atoms. The number of halogens is 2. The number of hydrogen-bond acceptors (Lipinski definition) is 3. The summed E-state index contributed by atoms with van der Waals surface area (Å²) in [4.78, 5) is 7.89. The van der Waals surface area contributed by atoms with Gasteiger partial charge in [-0.1, -0.05) is 11.6 Å². The van der Waals surface area contributed by atoms with Crippen molar-refractivity contribution in [1.82, 2.24) is 4.49 Å². The van der Waals surface area contributed by atoms with Gasteiger partial charge >= 0.3 is 7.83 Å². The van der Waals surface area contributed by atoms with Crippen molar-refractivity contribution in [3.63, 3.8) is 0 Å². The molecule has 1 aromatic rings. The Hall–Kier alpha value is -0.460. The van der Waals surface area contributed by atoms with Gasteiger partial charge in [-0.05, 0) is 24.3 Å². The fourth-order valence-electron chi connectivity index (χ4n) is 0.815. The van der Waals surface area contributed by atoms with Crippen molar-refractivity contribution in [3.8, 4) is 0 Å². The number of hydrogen-bond donors (Lipinski definition) is 2. The molecule has 0 radical (unpaired) electrons. The van der Waals surface area contributed by atoms with Crippen molar-refractivity contribution in [2.45, 2.75) is 4.90 Å². The second-order valence-electron chi connectivity index (χ2n) is 2.55. The van der Waals surface area contributed by atoms with Gasteiger partial charge in [0, 0.05) is 5.02 Å². The zero-order valence-electron chi connectivity index (χ0n) is 7.09. The van der Waals surface area contributed by atoms with Gasteiger partial charge in [-0.15, -0.1) is 8.69 Å². The van der Waals surface area contributed by atoms with Crippen LogP contribution in [0, 0.1) is 0 Å². The molecule has 0 fully saturated rings. The standard InChI is InChI=1S/C6H6ClFNO4PS/c7-5-1-3-6(4-2-5)15(12,13)9-14(8,10)11/h1-4H,(H2,9,10,11). The van der Waals surface area contributed by atoms with Crippen LogP contribution >= 0.6 is 19.4 Å². The maximum atomic E-state index is 12.2. The van der Waals surface area contributed by atoms with Gasteiger partial charge in [0.25, 0.3) is 0 Å². The lowest BCUT2D eigenvalue weighted by Crippen LogP contribution is -2.18. The summed E-state index contributed by atoms with van der Waals surface area (Å²) in [5.41, 5.74) is 0. The molecule has 0 amide bonds. The highest BCUT2D eigenvalue weighted by molar-refractivity contribution is 7.94. The Bertz CT molecular complexity index is 496. The van der Waals surface area contributed by atoms with Crippen LogP contribution in [-0.4, -0.2) is 13.3 Å². The van der Waals surface area contributed by atoms with Gasteiger partial charge in [-0.2, -0.15) is 0 Å². The van der Waals surface area contributed by atoms with Gasteiger partial charge in [0.15, 0.2) is 0 Å². The van der Waals surface area contributed by atoms with Crippen LogP contribution in [0.3, 0.4) is 0 Å². The molecule has 1 rings (SSSR count). The molecule has 5 nitrogen and oxygen atoms in total. The lowest BCUT2D eigenvalue weighted by molar-refractivity contribution is 0.424. The van der Waals surface area contributed by atoms with E-state index in [1.807, 2.05) is 0 Å². The third-order valence-electron chi connectivity index (χ3n) is 1.36. The first-order valence-corrected chi connectivity index (χ1v) is 6.94. The number of benzene rings is 1. The van der Waals surface area contributed by atoms with Crippen molar-refractivity contribution in [2.75, 3.05) is 0 Å². The summed E-state index contributed by atoms with van der Waals surface area (Å²) >= 11 is 5.50. The zero-order chi connectivity index (χ0) is 11.7. The SMILES string of the molecule is O=P(O)(F)NS(=O)(=O)c1ccc(Cl)cc1. The molecule has 0 saturated heterocycles. The van der Waals surface area contributed by atoms with Gasteiger partial charge < -0.3 is 4.89 Å². The highest BCUT2D eigenvalue weighted by Crippen LogP contribution is 2.38. The molecule has 0 bridgehead atoms. The van der Waals surface area contributed by atoms with E-state index in [0.29, 0.717) is 5.02 Å². The van der Waals surface area contributed by atoms with E-state index in [4.69, 9.17) is 16.5 Å². The van der Waals surface area contributed by atoms with Crippen molar-refractivity contribution in [3.05, 3.63) is 29.3 Å². The van der Waals surface area contributed by atoms with Crippen molar-refractivity contribution in [1.29, 1.82) is 0 Å². The minimum absolute atomic E-state index is 0.293. The van der Waals surface area contributed by atoms with Gasteiger partial charge in [0.05, 0.1) is 4.90 Å². The Kier molecular flexibility index (Phi) is 3.52. The predicted molar refractivity (Wildman–Crippen MR) is 52.7 cm³/mol. The van der Waals surface area contributed by atoms with Gasteiger partial charge in [-0.3, -0.25) is 0 Å². The molecular weight excluding hydrogens is 268 g/mol. The van der Waals surface area contributed by atoms with E-state index < -0.39 is 17.9 Å². The lowest BCUT2D eigenvalue weighted by Gasteiger charge is -2.05. The summed E-state index contributed by atoms with van der Waals surface area (Å²) in [6.07, 6.45) is 0. The molecule has 1 aromatic carbocycles. The average Bonchev–Trinajstić information content (AvgIpc) is 2.00. The van der Waals surface area contributed by atoms with Gasteiger partial charge in [0.2, 0.25) is 10.0 Å². The minimum atomic E-state index is -5.34. The maximum Gasteiger partial charge on any atom is 0.453 e. The Balaban J connectivity index is 3.07. The van der Waals surface area contributed by atoms with E-state index in [1.165, 1.54) is 12.1 Å². The average molecular weight is 274 g/mol. The van der Waals surface area contributed by atoms with E-state index in [9.17, 15) is 17.2 Å². The zero-order valence-corrected chi connectivity index (χ0v) is 9.56.